The lowest BCUT2D eigenvalue weighted by Gasteiger charge is -2.21. The number of halogens is 1. The van der Waals surface area contributed by atoms with Crippen molar-refractivity contribution in [2.45, 2.75) is 26.7 Å². The molecule has 1 unspecified atom stereocenters. The Bertz CT molecular complexity index is 306. The van der Waals surface area contributed by atoms with Gasteiger partial charge in [-0.25, -0.2) is 0 Å². The first-order valence-corrected chi connectivity index (χ1v) is 8.49. The molecule has 138 valence electrons. The predicted molar refractivity (Wildman–Crippen MR) is 105 cm³/mol. The SMILES string of the molecule is CCNC(=NCCCOCC)N1CCC(COCCOC)C1.I. The zero-order valence-electron chi connectivity index (χ0n) is 14.9. The summed E-state index contributed by atoms with van der Waals surface area (Å²) in [5.74, 6) is 1.61. The van der Waals surface area contributed by atoms with Gasteiger partial charge >= 0.3 is 0 Å². The van der Waals surface area contributed by atoms with Crippen molar-refractivity contribution in [3.05, 3.63) is 0 Å². The predicted octanol–water partition coefficient (Wildman–Crippen LogP) is 1.98. The number of hydrogen-bond acceptors (Lipinski definition) is 4. The van der Waals surface area contributed by atoms with Crippen LogP contribution >= 0.6 is 24.0 Å². The highest BCUT2D eigenvalue weighted by atomic mass is 127. The fraction of sp³-hybridized carbons (Fsp3) is 0.938. The normalized spacial score (nSPS) is 18.1. The van der Waals surface area contributed by atoms with Crippen LogP contribution in [-0.2, 0) is 14.2 Å². The first-order valence-electron chi connectivity index (χ1n) is 8.49. The molecule has 0 amide bonds. The Kier molecular flexibility index (Phi) is 15.3. The largest absolute Gasteiger partial charge is 0.382 e. The van der Waals surface area contributed by atoms with E-state index in [9.17, 15) is 0 Å². The average Bonchev–Trinajstić information content (AvgIpc) is 2.99. The minimum absolute atomic E-state index is 0. The summed E-state index contributed by atoms with van der Waals surface area (Å²) >= 11 is 0. The summed E-state index contributed by atoms with van der Waals surface area (Å²) in [4.78, 5) is 7.04. The summed E-state index contributed by atoms with van der Waals surface area (Å²) in [6.45, 7) is 11.6. The van der Waals surface area contributed by atoms with E-state index in [0.29, 0.717) is 19.1 Å². The van der Waals surface area contributed by atoms with E-state index in [1.54, 1.807) is 7.11 Å². The van der Waals surface area contributed by atoms with Gasteiger partial charge in [0.1, 0.15) is 0 Å². The van der Waals surface area contributed by atoms with Crippen LogP contribution in [0.5, 0.6) is 0 Å². The molecule has 7 heteroatoms. The summed E-state index contributed by atoms with van der Waals surface area (Å²) in [5.41, 5.74) is 0. The van der Waals surface area contributed by atoms with Gasteiger partial charge in [-0.3, -0.25) is 4.99 Å². The number of nitrogens with zero attached hydrogens (tertiary/aromatic N) is 2. The molecule has 6 nitrogen and oxygen atoms in total. The lowest BCUT2D eigenvalue weighted by Crippen LogP contribution is -2.40. The second-order valence-electron chi connectivity index (χ2n) is 5.45. The van der Waals surface area contributed by atoms with E-state index < -0.39 is 0 Å². The number of hydrogen-bond donors (Lipinski definition) is 1. The van der Waals surface area contributed by atoms with Gasteiger partial charge in [-0.05, 0) is 26.7 Å². The molecule has 1 fully saturated rings. The number of methoxy groups -OCH3 is 1. The highest BCUT2D eigenvalue weighted by molar-refractivity contribution is 14.0. The molecule has 0 aromatic rings. The number of aliphatic imine (C=N–C) groups is 1. The van der Waals surface area contributed by atoms with Crippen LogP contribution in [0.25, 0.3) is 0 Å². The van der Waals surface area contributed by atoms with Crippen LogP contribution in [0.1, 0.15) is 26.7 Å². The summed E-state index contributed by atoms with van der Waals surface area (Å²) in [6, 6.07) is 0. The van der Waals surface area contributed by atoms with Crippen molar-refractivity contribution >= 4 is 29.9 Å². The Hall–Kier alpha value is -0.120. The fourth-order valence-electron chi connectivity index (χ4n) is 2.48. The van der Waals surface area contributed by atoms with E-state index in [1.165, 1.54) is 0 Å². The van der Waals surface area contributed by atoms with E-state index in [4.69, 9.17) is 19.2 Å². The molecule has 1 saturated heterocycles. The van der Waals surface area contributed by atoms with Crippen molar-refractivity contribution in [2.24, 2.45) is 10.9 Å². The van der Waals surface area contributed by atoms with Gasteiger partial charge in [0, 0.05) is 52.4 Å². The van der Waals surface area contributed by atoms with Gasteiger partial charge in [0.05, 0.1) is 19.8 Å². The van der Waals surface area contributed by atoms with Crippen molar-refractivity contribution in [1.82, 2.24) is 10.2 Å². The maximum absolute atomic E-state index is 5.64. The highest BCUT2D eigenvalue weighted by Crippen LogP contribution is 2.16. The summed E-state index contributed by atoms with van der Waals surface area (Å²) in [5, 5.41) is 3.39. The van der Waals surface area contributed by atoms with Crippen LogP contribution in [0.3, 0.4) is 0 Å². The van der Waals surface area contributed by atoms with Gasteiger partial charge in [-0.1, -0.05) is 0 Å². The number of nitrogens with one attached hydrogen (secondary N) is 1. The number of rotatable bonds is 11. The molecule has 0 bridgehead atoms. The lowest BCUT2D eigenvalue weighted by atomic mass is 10.1. The van der Waals surface area contributed by atoms with E-state index in [1.807, 2.05) is 6.92 Å². The van der Waals surface area contributed by atoms with E-state index in [2.05, 4.69) is 17.1 Å². The van der Waals surface area contributed by atoms with Crippen molar-refractivity contribution in [1.29, 1.82) is 0 Å². The summed E-state index contributed by atoms with van der Waals surface area (Å²) in [7, 11) is 1.70. The Labute approximate surface area is 158 Å². The van der Waals surface area contributed by atoms with Crippen LogP contribution in [0, 0.1) is 5.92 Å². The second-order valence-corrected chi connectivity index (χ2v) is 5.45. The van der Waals surface area contributed by atoms with Gasteiger partial charge < -0.3 is 24.4 Å². The maximum Gasteiger partial charge on any atom is 0.193 e. The Balaban J connectivity index is 0.00000484. The van der Waals surface area contributed by atoms with Crippen molar-refractivity contribution in [3.8, 4) is 0 Å². The minimum Gasteiger partial charge on any atom is -0.382 e. The monoisotopic (exact) mass is 443 g/mol. The standard InChI is InChI=1S/C16H33N3O3.HI/c1-4-17-16(18-8-6-10-21-5-2)19-9-7-15(13-19)14-22-12-11-20-3;/h15H,4-14H2,1-3H3,(H,17,18);1H. The quantitative estimate of drug-likeness (QED) is 0.229. The summed E-state index contributed by atoms with van der Waals surface area (Å²) < 4.78 is 16.0. The third kappa shape index (κ3) is 10.4. The van der Waals surface area contributed by atoms with Gasteiger partial charge in [-0.2, -0.15) is 0 Å². The zero-order chi connectivity index (χ0) is 16.0. The molecule has 1 aliphatic rings. The highest BCUT2D eigenvalue weighted by Gasteiger charge is 2.24. The molecule has 0 saturated carbocycles. The topological polar surface area (TPSA) is 55.3 Å². The van der Waals surface area contributed by atoms with Gasteiger partial charge in [0.25, 0.3) is 0 Å². The molecule has 0 aliphatic carbocycles. The van der Waals surface area contributed by atoms with E-state index >= 15 is 0 Å². The van der Waals surface area contributed by atoms with Crippen molar-refractivity contribution in [2.75, 3.05) is 66.3 Å². The van der Waals surface area contributed by atoms with Gasteiger partial charge in [0.15, 0.2) is 5.96 Å². The van der Waals surface area contributed by atoms with Crippen LogP contribution < -0.4 is 5.32 Å². The summed E-state index contributed by atoms with van der Waals surface area (Å²) in [6.07, 6.45) is 2.14. The molecular formula is C16H34IN3O3. The van der Waals surface area contributed by atoms with Crippen LogP contribution in [-0.4, -0.2) is 77.2 Å². The molecule has 0 radical (unpaired) electrons. The smallest absolute Gasteiger partial charge is 0.193 e. The molecule has 0 aromatic carbocycles. The third-order valence-corrected chi connectivity index (χ3v) is 3.62. The number of guanidine groups is 1. The second kappa shape index (κ2) is 15.4. The fourth-order valence-corrected chi connectivity index (χ4v) is 2.48. The first-order chi connectivity index (χ1) is 10.8. The van der Waals surface area contributed by atoms with Gasteiger partial charge in [-0.15, -0.1) is 24.0 Å². The minimum atomic E-state index is 0. The lowest BCUT2D eigenvalue weighted by molar-refractivity contribution is 0.0536. The Morgan fingerprint density at radius 2 is 2.04 bits per heavy atom. The molecule has 1 heterocycles. The molecule has 1 rings (SSSR count). The molecular weight excluding hydrogens is 409 g/mol. The molecule has 1 atom stereocenters. The van der Waals surface area contributed by atoms with Crippen molar-refractivity contribution < 1.29 is 14.2 Å². The van der Waals surface area contributed by atoms with Gasteiger partial charge in [0.2, 0.25) is 0 Å². The Morgan fingerprint density at radius 3 is 2.74 bits per heavy atom. The third-order valence-electron chi connectivity index (χ3n) is 3.62. The molecule has 0 aromatic heterocycles. The van der Waals surface area contributed by atoms with Crippen molar-refractivity contribution in [3.63, 3.8) is 0 Å². The molecule has 23 heavy (non-hydrogen) atoms. The van der Waals surface area contributed by atoms with Crippen LogP contribution in [0.2, 0.25) is 0 Å². The molecule has 1 N–H and O–H groups in total. The molecule has 0 spiro atoms. The Morgan fingerprint density at radius 1 is 1.22 bits per heavy atom. The molecule has 1 aliphatic heterocycles. The number of likely N-dealkylation sites (tertiary alicyclic amines) is 1. The average molecular weight is 443 g/mol. The van der Waals surface area contributed by atoms with Crippen LogP contribution in [0.15, 0.2) is 4.99 Å². The van der Waals surface area contributed by atoms with E-state index in [0.717, 1.165) is 64.8 Å². The van der Waals surface area contributed by atoms with Crippen LogP contribution in [0.4, 0.5) is 0 Å². The number of ether oxygens (including phenoxy) is 3. The zero-order valence-corrected chi connectivity index (χ0v) is 17.2. The first kappa shape index (κ1) is 22.9. The maximum atomic E-state index is 5.64. The van der Waals surface area contributed by atoms with E-state index in [-0.39, 0.29) is 24.0 Å².